The maximum atomic E-state index is 13.4. The first-order chi connectivity index (χ1) is 44.1. The normalized spacial score (nSPS) is 22.9. The Morgan fingerprint density at radius 2 is 0.700 bits per heavy atom. The number of rotatable bonds is 66. The van der Waals surface area contributed by atoms with Crippen molar-refractivity contribution in [2.45, 2.75) is 447 Å². The molecule has 0 radical (unpaired) electrons. The smallest absolute Gasteiger partial charge is 0.220 e. The van der Waals surface area contributed by atoms with E-state index in [0.717, 1.165) is 51.4 Å². The molecular weight excluding hydrogens is 1130 g/mol. The predicted octanol–water partition coefficient (Wildman–Crippen LogP) is 16.9. The minimum Gasteiger partial charge on any atom is -0.394 e. The monoisotopic (exact) mass is 1280 g/mol. The molecule has 9 N–H and O–H groups in total. The summed E-state index contributed by atoms with van der Waals surface area (Å²) < 4.78 is 23.0. The van der Waals surface area contributed by atoms with Crippen molar-refractivity contribution in [3.05, 3.63) is 12.2 Å². The van der Waals surface area contributed by atoms with E-state index in [0.29, 0.717) is 12.8 Å². The van der Waals surface area contributed by atoms with Gasteiger partial charge in [-0.25, -0.2) is 0 Å². The molecule has 2 aliphatic heterocycles. The van der Waals surface area contributed by atoms with E-state index in [2.05, 4.69) is 31.3 Å². The van der Waals surface area contributed by atoms with Crippen LogP contribution in [0.5, 0.6) is 0 Å². The predicted molar refractivity (Wildman–Crippen MR) is 369 cm³/mol. The number of carbonyl (C=O) groups excluding carboxylic acids is 1. The summed E-state index contributed by atoms with van der Waals surface area (Å²) in [6, 6.07) is -0.828. The number of aliphatic hydroxyl groups excluding tert-OH is 8. The molecule has 534 valence electrons. The van der Waals surface area contributed by atoms with Gasteiger partial charge >= 0.3 is 0 Å². The van der Waals surface area contributed by atoms with Crippen molar-refractivity contribution in [3.63, 3.8) is 0 Å². The second-order valence-electron chi connectivity index (χ2n) is 27.8. The van der Waals surface area contributed by atoms with Gasteiger partial charge in [0.25, 0.3) is 0 Å². The van der Waals surface area contributed by atoms with Crippen LogP contribution in [0.2, 0.25) is 0 Å². The highest BCUT2D eigenvalue weighted by Gasteiger charge is 2.51. The number of allylic oxidation sites excluding steroid dienone is 2. The number of hydrogen-bond donors (Lipinski definition) is 9. The summed E-state index contributed by atoms with van der Waals surface area (Å²) in [5, 5.41) is 87.8. The SMILES string of the molecule is CCCCCCCCCC/C=C\CCCCCCCCCCCCCCCC(=O)NC(COC1OC(CO)C(OC2OC(CO)C(O)C(O)C2O)C(O)C1O)C(O)CCCCCCCCCCCCCCCCCCCCCCCCCCCCCCCCC. The minimum absolute atomic E-state index is 0.199. The van der Waals surface area contributed by atoms with Crippen molar-refractivity contribution in [2.75, 3.05) is 19.8 Å². The Bertz CT molecular complexity index is 1560. The van der Waals surface area contributed by atoms with E-state index in [4.69, 9.17) is 18.9 Å². The fourth-order valence-electron chi connectivity index (χ4n) is 13.3. The molecule has 2 aliphatic rings. The number of amides is 1. The van der Waals surface area contributed by atoms with Gasteiger partial charge in [-0.15, -0.1) is 0 Å². The minimum atomic E-state index is -1.78. The van der Waals surface area contributed by atoms with Gasteiger partial charge in [-0.05, 0) is 38.5 Å². The maximum Gasteiger partial charge on any atom is 0.220 e. The summed E-state index contributed by atoms with van der Waals surface area (Å²) in [6.45, 7) is 2.93. The Hall–Kier alpha value is -1.27. The highest BCUT2D eigenvalue weighted by Crippen LogP contribution is 2.30. The van der Waals surface area contributed by atoms with Gasteiger partial charge < -0.3 is 65.1 Å². The zero-order chi connectivity index (χ0) is 65.2. The number of unbranched alkanes of at least 4 members (excludes halogenated alkanes) is 51. The molecule has 14 nitrogen and oxygen atoms in total. The lowest BCUT2D eigenvalue weighted by Crippen LogP contribution is -2.65. The van der Waals surface area contributed by atoms with Crippen LogP contribution in [-0.4, -0.2) is 140 Å². The van der Waals surface area contributed by atoms with Crippen LogP contribution in [0, 0.1) is 0 Å². The largest absolute Gasteiger partial charge is 0.394 e. The molecule has 1 amide bonds. The van der Waals surface area contributed by atoms with Crippen LogP contribution in [0.1, 0.15) is 373 Å². The second kappa shape index (κ2) is 61.3. The fraction of sp³-hybridized carbons (Fsp3) is 0.961. The highest BCUT2D eigenvalue weighted by molar-refractivity contribution is 5.76. The number of carbonyl (C=O) groups is 1. The van der Waals surface area contributed by atoms with Crippen LogP contribution in [0.3, 0.4) is 0 Å². The molecule has 2 heterocycles. The molecule has 2 fully saturated rings. The third-order valence-electron chi connectivity index (χ3n) is 19.5. The van der Waals surface area contributed by atoms with Crippen LogP contribution in [0.25, 0.3) is 0 Å². The van der Waals surface area contributed by atoms with Crippen LogP contribution >= 0.6 is 0 Å². The molecule has 0 spiro atoms. The lowest BCUT2D eigenvalue weighted by atomic mass is 9.97. The lowest BCUT2D eigenvalue weighted by molar-refractivity contribution is -0.359. The summed E-state index contributed by atoms with van der Waals surface area (Å²) in [7, 11) is 0. The summed E-state index contributed by atoms with van der Waals surface area (Å²) in [5.74, 6) is -0.199. The average molecular weight is 1280 g/mol. The molecule has 2 rings (SSSR count). The van der Waals surface area contributed by atoms with E-state index in [9.17, 15) is 45.6 Å². The van der Waals surface area contributed by atoms with Gasteiger partial charge in [0.1, 0.15) is 48.8 Å². The third-order valence-corrected chi connectivity index (χ3v) is 19.5. The Labute approximate surface area is 552 Å². The zero-order valence-corrected chi connectivity index (χ0v) is 58.4. The Balaban J connectivity index is 1.62. The van der Waals surface area contributed by atoms with Gasteiger partial charge in [0, 0.05) is 6.42 Å². The number of hydrogen-bond acceptors (Lipinski definition) is 13. The first-order valence-corrected chi connectivity index (χ1v) is 38.9. The van der Waals surface area contributed by atoms with Crippen molar-refractivity contribution in [1.29, 1.82) is 0 Å². The number of aliphatic hydroxyl groups is 8. The molecule has 0 aromatic rings. The Kier molecular flexibility index (Phi) is 57.8. The van der Waals surface area contributed by atoms with Gasteiger partial charge in [0.2, 0.25) is 5.91 Å². The molecule has 12 unspecified atom stereocenters. The van der Waals surface area contributed by atoms with Crippen LogP contribution in [0.15, 0.2) is 12.2 Å². The van der Waals surface area contributed by atoms with Crippen molar-refractivity contribution in [2.24, 2.45) is 0 Å². The summed E-state index contributed by atoms with van der Waals surface area (Å²) in [5.41, 5.74) is 0. The van der Waals surface area contributed by atoms with E-state index in [1.165, 1.54) is 295 Å². The van der Waals surface area contributed by atoms with Crippen molar-refractivity contribution < 1.29 is 64.6 Å². The van der Waals surface area contributed by atoms with Crippen LogP contribution in [0.4, 0.5) is 0 Å². The van der Waals surface area contributed by atoms with E-state index in [1.54, 1.807) is 0 Å². The first kappa shape index (κ1) is 84.8. The summed E-state index contributed by atoms with van der Waals surface area (Å²) in [6.07, 6.45) is 59.6. The standard InChI is InChI=1S/C76H147NO13/c1-3-5-7-9-11-13-15-17-19-21-23-25-27-29-30-31-32-33-34-36-37-39-41-43-45-47-49-51-53-55-57-59-65(80)64(63-87-75-73(86)71(84)74(67(62-79)89-75)90-76-72(85)70(83)69(82)66(61-78)88-76)77-68(81)60-58-56-54-52-50-48-46-44-42-40-38-35-28-26-24-22-20-18-16-14-12-10-8-6-4-2/h22,24,64-67,69-76,78-80,82-86H,3-21,23,25-63H2,1-2H3,(H,77,81)/b24-22-. The van der Waals surface area contributed by atoms with Crippen LogP contribution < -0.4 is 5.32 Å². The van der Waals surface area contributed by atoms with Gasteiger partial charge in [-0.3, -0.25) is 4.79 Å². The third kappa shape index (κ3) is 44.5. The molecule has 0 saturated carbocycles. The number of ether oxygens (including phenoxy) is 4. The number of nitrogens with one attached hydrogen (secondary N) is 1. The molecule has 0 aliphatic carbocycles. The summed E-state index contributed by atoms with van der Waals surface area (Å²) >= 11 is 0. The van der Waals surface area contributed by atoms with Crippen LogP contribution in [-0.2, 0) is 23.7 Å². The van der Waals surface area contributed by atoms with Gasteiger partial charge in [-0.2, -0.15) is 0 Å². The molecule has 14 heteroatoms. The fourth-order valence-corrected chi connectivity index (χ4v) is 13.3. The second-order valence-corrected chi connectivity index (χ2v) is 27.8. The topological polar surface area (TPSA) is 228 Å². The van der Waals surface area contributed by atoms with Gasteiger partial charge in [0.15, 0.2) is 12.6 Å². The van der Waals surface area contributed by atoms with E-state index in [-0.39, 0.29) is 12.5 Å². The lowest BCUT2D eigenvalue weighted by Gasteiger charge is -2.46. The quantitative estimate of drug-likeness (QED) is 0.0204. The molecule has 12 atom stereocenters. The molecule has 90 heavy (non-hydrogen) atoms. The average Bonchev–Trinajstić information content (AvgIpc) is 1.41. The first-order valence-electron chi connectivity index (χ1n) is 38.9. The molecule has 0 bridgehead atoms. The maximum absolute atomic E-state index is 13.4. The molecule has 2 saturated heterocycles. The van der Waals surface area contributed by atoms with Crippen molar-refractivity contribution >= 4 is 5.91 Å². The van der Waals surface area contributed by atoms with Gasteiger partial charge in [-0.1, -0.05) is 341 Å². The van der Waals surface area contributed by atoms with Gasteiger partial charge in [0.05, 0.1) is 32.0 Å². The zero-order valence-electron chi connectivity index (χ0n) is 58.4. The van der Waals surface area contributed by atoms with Crippen molar-refractivity contribution in [1.82, 2.24) is 5.32 Å². The summed E-state index contributed by atoms with van der Waals surface area (Å²) in [4.78, 5) is 13.4. The van der Waals surface area contributed by atoms with E-state index >= 15 is 0 Å². The van der Waals surface area contributed by atoms with Crippen molar-refractivity contribution in [3.8, 4) is 0 Å². The van der Waals surface area contributed by atoms with E-state index < -0.39 is 86.8 Å². The Morgan fingerprint density at radius 3 is 1.06 bits per heavy atom. The molecule has 0 aromatic carbocycles. The Morgan fingerprint density at radius 1 is 0.389 bits per heavy atom. The molecule has 0 aromatic heterocycles. The highest BCUT2D eigenvalue weighted by atomic mass is 16.7. The molecular formula is C76H147NO13. The van der Waals surface area contributed by atoms with E-state index in [1.807, 2.05) is 0 Å².